The summed E-state index contributed by atoms with van der Waals surface area (Å²) in [5.41, 5.74) is 2.19. The first-order valence-electron chi connectivity index (χ1n) is 9.61. The van der Waals surface area contributed by atoms with E-state index in [1.54, 1.807) is 16.7 Å². The number of benzene rings is 1. The van der Waals surface area contributed by atoms with E-state index >= 15 is 0 Å². The van der Waals surface area contributed by atoms with Crippen molar-refractivity contribution in [1.29, 1.82) is 0 Å². The Hall–Kier alpha value is -2.87. The smallest absolute Gasteiger partial charge is 0.339 e. The lowest BCUT2D eigenvalue weighted by atomic mass is 10.1. The molecule has 9 heteroatoms. The Labute approximate surface area is 178 Å². The summed E-state index contributed by atoms with van der Waals surface area (Å²) in [7, 11) is 1.30. The molecule has 1 aromatic carbocycles. The zero-order valence-corrected chi connectivity index (χ0v) is 17.8. The second kappa shape index (κ2) is 8.87. The molecule has 30 heavy (non-hydrogen) atoms. The predicted molar refractivity (Wildman–Crippen MR) is 109 cm³/mol. The Bertz CT molecular complexity index is 996. The number of methoxy groups -OCH3 is 1. The van der Waals surface area contributed by atoms with Gasteiger partial charge in [0.2, 0.25) is 0 Å². The van der Waals surface area contributed by atoms with Gasteiger partial charge in [0, 0.05) is 31.9 Å². The molecule has 2 aromatic rings. The fraction of sp³-hybridized carbons (Fsp3) is 0.381. The quantitative estimate of drug-likeness (QED) is 0.748. The minimum atomic E-state index is -0.508. The monoisotopic (exact) mass is 435 g/mol. The summed E-state index contributed by atoms with van der Waals surface area (Å²) in [5, 5.41) is 0.0583. The molecule has 0 bridgehead atoms. The molecule has 1 N–H and O–H groups in total. The summed E-state index contributed by atoms with van der Waals surface area (Å²) in [5.74, 6) is -1.52. The van der Waals surface area contributed by atoms with Gasteiger partial charge >= 0.3 is 5.97 Å². The lowest BCUT2D eigenvalue weighted by molar-refractivity contribution is 0.0532. The number of amides is 2. The zero-order valence-electron chi connectivity index (χ0n) is 17.1. The maximum atomic E-state index is 13.2. The normalized spacial score (nSPS) is 14.0. The highest BCUT2D eigenvalue weighted by Gasteiger charge is 2.30. The molecule has 1 aromatic heterocycles. The van der Waals surface area contributed by atoms with E-state index < -0.39 is 11.8 Å². The number of nitrogens with one attached hydrogen (secondary N) is 1. The van der Waals surface area contributed by atoms with Gasteiger partial charge < -0.3 is 19.5 Å². The van der Waals surface area contributed by atoms with Crippen LogP contribution in [0.1, 0.15) is 49.4 Å². The number of ether oxygens (including phenoxy) is 1. The molecule has 0 spiro atoms. The van der Waals surface area contributed by atoms with E-state index in [2.05, 4.69) is 4.98 Å². The van der Waals surface area contributed by atoms with Crippen molar-refractivity contribution in [3.8, 4) is 0 Å². The third kappa shape index (κ3) is 4.05. The minimum Gasteiger partial charge on any atom is -0.465 e. The maximum absolute atomic E-state index is 13.2. The van der Waals surface area contributed by atoms with Crippen LogP contribution < -0.4 is 0 Å². The van der Waals surface area contributed by atoms with Gasteiger partial charge in [-0.15, -0.1) is 0 Å². The number of nitrogens with zero attached hydrogens (tertiary/aromatic N) is 2. The van der Waals surface area contributed by atoms with Crippen LogP contribution in [-0.4, -0.2) is 65.9 Å². The third-order valence-corrected chi connectivity index (χ3v) is 5.61. The molecule has 0 unspecified atom stereocenters. The predicted octanol–water partition coefficient (Wildman–Crippen LogP) is 3.06. The van der Waals surface area contributed by atoms with E-state index in [1.807, 2.05) is 6.92 Å². The maximum Gasteiger partial charge on any atom is 0.339 e. The standard InChI is InChI=1S/C21H23ClFN3O4/c1-4-16-17(21(29)30-3)12(2)18(24-16)20(28)26-9-7-25(8-10-26)19(27)14-6-5-13(23)11-15(14)22/h5-6,11,24H,4,7-10H2,1-3H3. The molecule has 3 rings (SSSR count). The highest BCUT2D eigenvalue weighted by Crippen LogP contribution is 2.23. The number of H-pyrrole nitrogens is 1. The summed E-state index contributed by atoms with van der Waals surface area (Å²) >= 11 is 5.99. The van der Waals surface area contributed by atoms with Crippen molar-refractivity contribution in [2.75, 3.05) is 33.3 Å². The van der Waals surface area contributed by atoms with E-state index in [0.29, 0.717) is 55.1 Å². The molecule has 2 heterocycles. The number of rotatable bonds is 4. The first kappa shape index (κ1) is 21.8. The number of esters is 1. The number of hydrogen-bond acceptors (Lipinski definition) is 4. The SMILES string of the molecule is CCc1[nH]c(C(=O)N2CCN(C(=O)c3ccc(F)cc3Cl)CC2)c(C)c1C(=O)OC. The first-order valence-corrected chi connectivity index (χ1v) is 9.99. The molecule has 160 valence electrons. The van der Waals surface area contributed by atoms with Gasteiger partial charge in [0.1, 0.15) is 11.5 Å². The number of piperazine rings is 1. The second-order valence-corrected chi connectivity index (χ2v) is 7.44. The molecule has 1 saturated heterocycles. The average Bonchev–Trinajstić information content (AvgIpc) is 3.08. The second-order valence-electron chi connectivity index (χ2n) is 7.03. The highest BCUT2D eigenvalue weighted by atomic mass is 35.5. The topological polar surface area (TPSA) is 82.7 Å². The molecule has 0 aliphatic carbocycles. The third-order valence-electron chi connectivity index (χ3n) is 5.30. The molecule has 0 atom stereocenters. The molecule has 1 fully saturated rings. The molecular weight excluding hydrogens is 413 g/mol. The van der Waals surface area contributed by atoms with Crippen molar-refractivity contribution in [1.82, 2.24) is 14.8 Å². The summed E-state index contributed by atoms with van der Waals surface area (Å²) in [6, 6.07) is 3.66. The zero-order chi connectivity index (χ0) is 22.0. The van der Waals surface area contributed by atoms with E-state index in [4.69, 9.17) is 16.3 Å². The lowest BCUT2D eigenvalue weighted by Crippen LogP contribution is -2.50. The fourth-order valence-corrected chi connectivity index (χ4v) is 3.87. The van der Waals surface area contributed by atoms with Gasteiger partial charge in [-0.05, 0) is 37.1 Å². The van der Waals surface area contributed by atoms with Crippen LogP contribution in [0.15, 0.2) is 18.2 Å². The molecule has 1 aliphatic rings. The average molecular weight is 436 g/mol. The number of aromatic nitrogens is 1. The number of halogens is 2. The number of aromatic amines is 1. The Balaban J connectivity index is 1.72. The van der Waals surface area contributed by atoms with Crippen molar-refractivity contribution in [3.63, 3.8) is 0 Å². The van der Waals surface area contributed by atoms with Crippen molar-refractivity contribution < 1.29 is 23.5 Å². The van der Waals surface area contributed by atoms with E-state index in [0.717, 1.165) is 6.07 Å². The van der Waals surface area contributed by atoms with Crippen LogP contribution in [0.3, 0.4) is 0 Å². The van der Waals surface area contributed by atoms with Crippen LogP contribution in [0.4, 0.5) is 4.39 Å². The van der Waals surface area contributed by atoms with E-state index in [-0.39, 0.29) is 22.4 Å². The van der Waals surface area contributed by atoms with E-state index in [1.165, 1.54) is 19.2 Å². The van der Waals surface area contributed by atoms with Gasteiger partial charge in [0.25, 0.3) is 11.8 Å². The van der Waals surface area contributed by atoms with Crippen LogP contribution in [0.2, 0.25) is 5.02 Å². The van der Waals surface area contributed by atoms with Gasteiger partial charge in [-0.2, -0.15) is 0 Å². The largest absolute Gasteiger partial charge is 0.465 e. The summed E-state index contributed by atoms with van der Waals surface area (Å²) < 4.78 is 18.1. The number of aryl methyl sites for hydroxylation is 1. The number of carbonyl (C=O) groups is 3. The van der Waals surface area contributed by atoms with Crippen LogP contribution in [0.25, 0.3) is 0 Å². The number of carbonyl (C=O) groups excluding carboxylic acids is 3. The van der Waals surface area contributed by atoms with Crippen molar-refractivity contribution in [2.45, 2.75) is 20.3 Å². The lowest BCUT2D eigenvalue weighted by Gasteiger charge is -2.34. The van der Waals surface area contributed by atoms with Crippen LogP contribution in [-0.2, 0) is 11.2 Å². The molecule has 2 amide bonds. The molecule has 1 aliphatic heterocycles. The summed E-state index contributed by atoms with van der Waals surface area (Å²) in [6.45, 7) is 4.90. The Kier molecular flexibility index (Phi) is 6.45. The molecule has 0 saturated carbocycles. The Morgan fingerprint density at radius 2 is 1.73 bits per heavy atom. The van der Waals surface area contributed by atoms with Crippen LogP contribution >= 0.6 is 11.6 Å². The highest BCUT2D eigenvalue weighted by molar-refractivity contribution is 6.33. The van der Waals surface area contributed by atoms with Gasteiger partial charge in [0.05, 0.1) is 23.3 Å². The van der Waals surface area contributed by atoms with Crippen molar-refractivity contribution in [3.05, 3.63) is 57.1 Å². The fourth-order valence-electron chi connectivity index (χ4n) is 3.62. The van der Waals surface area contributed by atoms with Gasteiger partial charge in [0.15, 0.2) is 0 Å². The van der Waals surface area contributed by atoms with Crippen LogP contribution in [0, 0.1) is 12.7 Å². The van der Waals surface area contributed by atoms with Gasteiger partial charge in [-0.3, -0.25) is 9.59 Å². The first-order chi connectivity index (χ1) is 14.3. The van der Waals surface area contributed by atoms with Crippen molar-refractivity contribution >= 4 is 29.4 Å². The summed E-state index contributed by atoms with van der Waals surface area (Å²) in [6.07, 6.45) is 0.555. The van der Waals surface area contributed by atoms with E-state index in [9.17, 15) is 18.8 Å². The minimum absolute atomic E-state index is 0.0583. The molecule has 0 radical (unpaired) electrons. The van der Waals surface area contributed by atoms with Gasteiger partial charge in [-0.1, -0.05) is 18.5 Å². The Morgan fingerprint density at radius 3 is 2.27 bits per heavy atom. The Morgan fingerprint density at radius 1 is 1.13 bits per heavy atom. The number of hydrogen-bond donors (Lipinski definition) is 1. The molecular formula is C21H23ClFN3O4. The van der Waals surface area contributed by atoms with Crippen molar-refractivity contribution in [2.24, 2.45) is 0 Å². The van der Waals surface area contributed by atoms with Gasteiger partial charge in [-0.25, -0.2) is 9.18 Å². The summed E-state index contributed by atoms with van der Waals surface area (Å²) in [4.78, 5) is 44.1. The van der Waals surface area contributed by atoms with Crippen LogP contribution in [0.5, 0.6) is 0 Å². The molecule has 7 nitrogen and oxygen atoms in total.